The molecule has 2 amide bonds. The van der Waals surface area contributed by atoms with E-state index in [2.05, 4.69) is 38.0 Å². The van der Waals surface area contributed by atoms with Crippen LogP contribution >= 0.6 is 11.3 Å². The number of nitrogens with one attached hydrogen (secondary N) is 1. The Labute approximate surface area is 171 Å². The molecule has 0 aliphatic heterocycles. The van der Waals surface area contributed by atoms with Gasteiger partial charge in [-0.25, -0.2) is 4.98 Å². The van der Waals surface area contributed by atoms with Crippen molar-refractivity contribution < 1.29 is 9.59 Å². The van der Waals surface area contributed by atoms with E-state index in [1.54, 1.807) is 12.1 Å². The number of hydrogen-bond acceptors (Lipinski definition) is 4. The van der Waals surface area contributed by atoms with Gasteiger partial charge in [-0.3, -0.25) is 14.9 Å². The van der Waals surface area contributed by atoms with Crippen LogP contribution in [0.5, 0.6) is 0 Å². The molecule has 28 heavy (non-hydrogen) atoms. The van der Waals surface area contributed by atoms with E-state index in [0.717, 1.165) is 36.5 Å². The number of carbonyl (C=O) groups excluding carboxylic acids is 2. The summed E-state index contributed by atoms with van der Waals surface area (Å²) in [5, 5.41) is 3.46. The van der Waals surface area contributed by atoms with E-state index in [4.69, 9.17) is 0 Å². The van der Waals surface area contributed by atoms with Gasteiger partial charge in [0, 0.05) is 23.5 Å². The summed E-state index contributed by atoms with van der Waals surface area (Å²) in [7, 11) is 0. The fourth-order valence-electron chi connectivity index (χ4n) is 3.64. The summed E-state index contributed by atoms with van der Waals surface area (Å²) in [5.41, 5.74) is 1.46. The number of rotatable bonds is 7. The van der Waals surface area contributed by atoms with E-state index in [1.807, 2.05) is 23.1 Å². The second kappa shape index (κ2) is 8.86. The number of anilines is 1. The third-order valence-corrected chi connectivity index (χ3v) is 5.80. The molecule has 2 aromatic rings. The molecule has 150 valence electrons. The monoisotopic (exact) mass is 399 g/mol. The Bertz CT molecular complexity index is 820. The molecule has 1 aliphatic rings. The third kappa shape index (κ3) is 4.79. The topological polar surface area (TPSA) is 62.3 Å². The Kier molecular flexibility index (Phi) is 6.50. The zero-order valence-corrected chi connectivity index (χ0v) is 17.9. The van der Waals surface area contributed by atoms with Crippen LogP contribution in [0.3, 0.4) is 0 Å². The quantitative estimate of drug-likeness (QED) is 0.742. The molecule has 0 radical (unpaired) electrons. The Morgan fingerprint density at radius 3 is 2.39 bits per heavy atom. The number of aromatic nitrogens is 1. The highest BCUT2D eigenvalue weighted by atomic mass is 32.1. The van der Waals surface area contributed by atoms with Gasteiger partial charge in [-0.2, -0.15) is 0 Å². The lowest BCUT2D eigenvalue weighted by Crippen LogP contribution is -2.39. The molecule has 0 fully saturated rings. The fraction of sp³-hybridized carbons (Fsp3) is 0.500. The maximum Gasteiger partial charge on any atom is 0.257 e. The lowest BCUT2D eigenvalue weighted by Gasteiger charge is -2.28. The highest BCUT2D eigenvalue weighted by molar-refractivity contribution is 7.16. The molecule has 1 heterocycles. The zero-order valence-electron chi connectivity index (χ0n) is 17.1. The predicted molar refractivity (Wildman–Crippen MR) is 114 cm³/mol. The van der Waals surface area contributed by atoms with Gasteiger partial charge in [0.1, 0.15) is 0 Å². The minimum Gasteiger partial charge on any atom is -0.342 e. The van der Waals surface area contributed by atoms with E-state index >= 15 is 0 Å². The van der Waals surface area contributed by atoms with Crippen LogP contribution in [-0.4, -0.2) is 34.8 Å². The van der Waals surface area contributed by atoms with Gasteiger partial charge in [-0.1, -0.05) is 45.9 Å². The largest absolute Gasteiger partial charge is 0.342 e. The average molecular weight is 400 g/mol. The molecule has 0 saturated heterocycles. The summed E-state index contributed by atoms with van der Waals surface area (Å²) in [6.45, 7) is 10.1. The van der Waals surface area contributed by atoms with Crippen LogP contribution in [-0.2, 0) is 11.2 Å². The maximum absolute atomic E-state index is 13.2. The van der Waals surface area contributed by atoms with Crippen molar-refractivity contribution in [3.05, 3.63) is 46.5 Å². The van der Waals surface area contributed by atoms with Gasteiger partial charge in [0.15, 0.2) is 5.13 Å². The minimum absolute atomic E-state index is 0.169. The van der Waals surface area contributed by atoms with Crippen molar-refractivity contribution in [2.45, 2.75) is 46.5 Å². The summed E-state index contributed by atoms with van der Waals surface area (Å²) < 4.78 is 0. The molecule has 1 atom stereocenters. The number of aryl methyl sites for hydroxylation is 1. The molecular weight excluding hydrogens is 370 g/mol. The first-order valence-corrected chi connectivity index (χ1v) is 10.8. The Morgan fingerprint density at radius 2 is 1.79 bits per heavy atom. The molecule has 1 N–H and O–H groups in total. The van der Waals surface area contributed by atoms with Crippen LogP contribution in [0.15, 0.2) is 30.3 Å². The molecule has 1 aliphatic carbocycles. The standard InChI is InChI=1S/C22H29N3O2S/c1-14(2)12-25(13-15(3)4)21(27)17-10-11-18-19(17)23-22(28-18)24-20(26)16-8-6-5-7-9-16/h5-9,14-15,17H,10-13H2,1-4H3,(H,23,24,26). The second-order valence-corrected chi connectivity index (χ2v) is 9.35. The van der Waals surface area contributed by atoms with Crippen molar-refractivity contribution in [3.8, 4) is 0 Å². The summed E-state index contributed by atoms with van der Waals surface area (Å²) in [5.74, 6) is 0.676. The van der Waals surface area contributed by atoms with Crippen molar-refractivity contribution in [3.63, 3.8) is 0 Å². The maximum atomic E-state index is 13.2. The fourth-order valence-corrected chi connectivity index (χ4v) is 4.67. The third-order valence-electron chi connectivity index (χ3n) is 4.75. The van der Waals surface area contributed by atoms with Gasteiger partial charge in [-0.05, 0) is 36.8 Å². The van der Waals surface area contributed by atoms with Gasteiger partial charge < -0.3 is 4.90 Å². The van der Waals surface area contributed by atoms with Crippen LogP contribution in [0.1, 0.15) is 61.0 Å². The SMILES string of the molecule is CC(C)CN(CC(C)C)C(=O)C1CCc2sc(NC(=O)c3ccccc3)nc21. The number of hydrogen-bond donors (Lipinski definition) is 1. The second-order valence-electron chi connectivity index (χ2n) is 8.27. The van der Waals surface area contributed by atoms with Crippen LogP contribution < -0.4 is 5.32 Å². The van der Waals surface area contributed by atoms with Crippen molar-refractivity contribution >= 4 is 28.3 Å². The zero-order chi connectivity index (χ0) is 20.3. The molecule has 0 bridgehead atoms. The molecule has 0 saturated carbocycles. The van der Waals surface area contributed by atoms with E-state index in [9.17, 15) is 9.59 Å². The van der Waals surface area contributed by atoms with Crippen molar-refractivity contribution in [1.82, 2.24) is 9.88 Å². The van der Waals surface area contributed by atoms with Crippen LogP contribution in [0, 0.1) is 11.8 Å². The average Bonchev–Trinajstić information content (AvgIpc) is 3.20. The van der Waals surface area contributed by atoms with Crippen LogP contribution in [0.4, 0.5) is 5.13 Å². The highest BCUT2D eigenvalue weighted by Crippen LogP contribution is 2.39. The van der Waals surface area contributed by atoms with E-state index in [-0.39, 0.29) is 17.7 Å². The number of benzene rings is 1. The summed E-state index contributed by atoms with van der Waals surface area (Å²) in [6, 6.07) is 9.11. The molecule has 1 aromatic heterocycles. The van der Waals surface area contributed by atoms with Crippen molar-refractivity contribution in [2.75, 3.05) is 18.4 Å². The number of fused-ring (bicyclic) bond motifs is 1. The Balaban J connectivity index is 1.74. The predicted octanol–water partition coefficient (Wildman–Crippen LogP) is 4.57. The smallest absolute Gasteiger partial charge is 0.257 e. The first-order chi connectivity index (χ1) is 13.3. The number of nitrogens with zero attached hydrogens (tertiary/aromatic N) is 2. The molecule has 3 rings (SSSR count). The van der Waals surface area contributed by atoms with E-state index in [0.29, 0.717) is 22.5 Å². The van der Waals surface area contributed by atoms with Gasteiger partial charge in [0.25, 0.3) is 5.91 Å². The van der Waals surface area contributed by atoms with Crippen LogP contribution in [0.2, 0.25) is 0 Å². The van der Waals surface area contributed by atoms with Crippen molar-refractivity contribution in [1.29, 1.82) is 0 Å². The van der Waals surface area contributed by atoms with Gasteiger partial charge in [-0.15, -0.1) is 11.3 Å². The lowest BCUT2D eigenvalue weighted by atomic mass is 10.0. The minimum atomic E-state index is -0.189. The number of thiazole rings is 1. The number of amides is 2. The summed E-state index contributed by atoms with van der Waals surface area (Å²) >= 11 is 1.49. The Morgan fingerprint density at radius 1 is 1.14 bits per heavy atom. The first-order valence-electron chi connectivity index (χ1n) is 10.00. The Hall–Kier alpha value is -2.21. The highest BCUT2D eigenvalue weighted by Gasteiger charge is 2.35. The normalized spacial score (nSPS) is 15.7. The van der Waals surface area contributed by atoms with Gasteiger partial charge in [0.05, 0.1) is 11.6 Å². The van der Waals surface area contributed by atoms with Gasteiger partial charge in [0.2, 0.25) is 5.91 Å². The van der Waals surface area contributed by atoms with E-state index < -0.39 is 0 Å². The molecule has 1 aromatic carbocycles. The van der Waals surface area contributed by atoms with Gasteiger partial charge >= 0.3 is 0 Å². The number of carbonyl (C=O) groups is 2. The first kappa shape index (κ1) is 20.5. The molecule has 0 spiro atoms. The van der Waals surface area contributed by atoms with Crippen molar-refractivity contribution in [2.24, 2.45) is 11.8 Å². The summed E-state index contributed by atoms with van der Waals surface area (Å²) in [6.07, 6.45) is 1.66. The molecular formula is C22H29N3O2S. The molecule has 6 heteroatoms. The lowest BCUT2D eigenvalue weighted by molar-refractivity contribution is -0.134. The molecule has 1 unspecified atom stereocenters. The summed E-state index contributed by atoms with van der Waals surface area (Å²) in [4.78, 5) is 33.4. The van der Waals surface area contributed by atoms with E-state index in [1.165, 1.54) is 11.3 Å². The molecule has 5 nitrogen and oxygen atoms in total. The van der Waals surface area contributed by atoms with Crippen LogP contribution in [0.25, 0.3) is 0 Å².